The first kappa shape index (κ1) is 14.2. The summed E-state index contributed by atoms with van der Waals surface area (Å²) in [5.74, 6) is -1.01. The quantitative estimate of drug-likeness (QED) is 0.936. The molecular weight excluding hydrogens is 266 g/mol. The Morgan fingerprint density at radius 1 is 1.35 bits per heavy atom. The topological polar surface area (TPSA) is 55.1 Å². The first-order valence-electron chi connectivity index (χ1n) is 6.14. The molecule has 0 spiro atoms. The highest BCUT2D eigenvalue weighted by Gasteiger charge is 2.12. The number of anilines is 1. The molecule has 0 aliphatic carbocycles. The number of rotatable bonds is 4. The second kappa shape index (κ2) is 5.81. The van der Waals surface area contributed by atoms with Crippen LogP contribution in [0.25, 0.3) is 0 Å². The summed E-state index contributed by atoms with van der Waals surface area (Å²) >= 11 is 0. The van der Waals surface area contributed by atoms with E-state index in [2.05, 4.69) is 10.5 Å². The minimum atomic E-state index is -0.669. The van der Waals surface area contributed by atoms with Crippen molar-refractivity contribution in [2.24, 2.45) is 0 Å². The molecule has 1 N–H and O–H groups in total. The van der Waals surface area contributed by atoms with Gasteiger partial charge in [-0.1, -0.05) is 5.16 Å². The predicted octanol–water partition coefficient (Wildman–Crippen LogP) is 3.14. The first-order valence-corrected chi connectivity index (χ1v) is 6.14. The van der Waals surface area contributed by atoms with Crippen molar-refractivity contribution in [2.75, 3.05) is 5.32 Å². The number of hydrogen-bond donors (Lipinski definition) is 1. The number of aromatic nitrogens is 1. The molecule has 0 unspecified atom stereocenters. The van der Waals surface area contributed by atoms with E-state index >= 15 is 0 Å². The van der Waals surface area contributed by atoms with Gasteiger partial charge in [-0.25, -0.2) is 8.78 Å². The summed E-state index contributed by atoms with van der Waals surface area (Å²) in [4.78, 5) is 11.7. The SMILES string of the molecule is Cc1noc(C)c1CCC(=O)Nc1cc(F)ccc1F. The van der Waals surface area contributed by atoms with E-state index in [1.54, 1.807) is 13.8 Å². The highest BCUT2D eigenvalue weighted by Crippen LogP contribution is 2.17. The lowest BCUT2D eigenvalue weighted by Crippen LogP contribution is -2.14. The number of aryl methyl sites for hydroxylation is 2. The molecule has 1 heterocycles. The van der Waals surface area contributed by atoms with Gasteiger partial charge in [0.2, 0.25) is 5.91 Å². The van der Waals surface area contributed by atoms with Crippen molar-refractivity contribution in [1.29, 1.82) is 0 Å². The van der Waals surface area contributed by atoms with Gasteiger partial charge < -0.3 is 9.84 Å². The molecule has 106 valence electrons. The number of carbonyl (C=O) groups excluding carboxylic acids is 1. The number of nitrogens with zero attached hydrogens (tertiary/aromatic N) is 1. The molecular formula is C14H14F2N2O2. The van der Waals surface area contributed by atoms with Crippen LogP contribution in [0.3, 0.4) is 0 Å². The molecule has 0 fully saturated rings. The van der Waals surface area contributed by atoms with Gasteiger partial charge in [-0.05, 0) is 32.4 Å². The van der Waals surface area contributed by atoms with Crippen molar-refractivity contribution in [3.8, 4) is 0 Å². The fourth-order valence-electron chi connectivity index (χ4n) is 1.90. The van der Waals surface area contributed by atoms with E-state index in [-0.39, 0.29) is 12.1 Å². The molecule has 20 heavy (non-hydrogen) atoms. The van der Waals surface area contributed by atoms with E-state index in [9.17, 15) is 13.6 Å². The Hall–Kier alpha value is -2.24. The number of benzene rings is 1. The monoisotopic (exact) mass is 280 g/mol. The average Bonchev–Trinajstić information content (AvgIpc) is 2.71. The van der Waals surface area contributed by atoms with Gasteiger partial charge in [0.05, 0.1) is 11.4 Å². The fraction of sp³-hybridized carbons (Fsp3) is 0.286. The highest BCUT2D eigenvalue weighted by atomic mass is 19.1. The molecule has 2 aromatic rings. The van der Waals surface area contributed by atoms with Gasteiger partial charge in [0, 0.05) is 18.1 Å². The van der Waals surface area contributed by atoms with Crippen LogP contribution >= 0.6 is 0 Å². The van der Waals surface area contributed by atoms with Crippen LogP contribution in [0.4, 0.5) is 14.5 Å². The van der Waals surface area contributed by atoms with Gasteiger partial charge in [-0.15, -0.1) is 0 Å². The normalized spacial score (nSPS) is 10.6. The second-order valence-electron chi connectivity index (χ2n) is 4.48. The van der Waals surface area contributed by atoms with Crippen LogP contribution in [0.5, 0.6) is 0 Å². The van der Waals surface area contributed by atoms with E-state index in [0.29, 0.717) is 12.2 Å². The Kier molecular flexibility index (Phi) is 4.12. The van der Waals surface area contributed by atoms with E-state index in [0.717, 1.165) is 29.5 Å². The fourth-order valence-corrected chi connectivity index (χ4v) is 1.90. The smallest absolute Gasteiger partial charge is 0.224 e. The summed E-state index contributed by atoms with van der Waals surface area (Å²) in [7, 11) is 0. The maximum atomic E-state index is 13.4. The maximum absolute atomic E-state index is 13.4. The minimum absolute atomic E-state index is 0.138. The van der Waals surface area contributed by atoms with Gasteiger partial charge in [-0.3, -0.25) is 4.79 Å². The Bertz CT molecular complexity index is 619. The molecule has 1 aromatic heterocycles. The zero-order chi connectivity index (χ0) is 14.7. The summed E-state index contributed by atoms with van der Waals surface area (Å²) in [5.41, 5.74) is 1.43. The largest absolute Gasteiger partial charge is 0.361 e. The lowest BCUT2D eigenvalue weighted by atomic mass is 10.1. The number of hydrogen-bond acceptors (Lipinski definition) is 3. The standard InChI is InChI=1S/C14H14F2N2O2/c1-8-11(9(2)20-18-8)4-6-14(19)17-13-7-10(15)3-5-12(13)16/h3,5,7H,4,6H2,1-2H3,(H,17,19). The number of halogens is 2. The van der Waals surface area contributed by atoms with E-state index in [4.69, 9.17) is 4.52 Å². The zero-order valence-electron chi connectivity index (χ0n) is 11.2. The third-order valence-electron chi connectivity index (χ3n) is 2.99. The highest BCUT2D eigenvalue weighted by molar-refractivity contribution is 5.90. The lowest BCUT2D eigenvalue weighted by molar-refractivity contribution is -0.116. The van der Waals surface area contributed by atoms with Crippen molar-refractivity contribution in [3.05, 3.63) is 46.9 Å². The molecule has 0 aliphatic rings. The molecule has 6 heteroatoms. The average molecular weight is 280 g/mol. The molecule has 4 nitrogen and oxygen atoms in total. The van der Waals surface area contributed by atoms with E-state index in [1.165, 1.54) is 0 Å². The molecule has 1 aromatic carbocycles. The summed E-state index contributed by atoms with van der Waals surface area (Å²) < 4.78 is 31.3. The van der Waals surface area contributed by atoms with Crippen molar-refractivity contribution >= 4 is 11.6 Å². The Labute approximate surface area is 114 Å². The van der Waals surface area contributed by atoms with Crippen LogP contribution in [-0.2, 0) is 11.2 Å². The zero-order valence-corrected chi connectivity index (χ0v) is 11.2. The van der Waals surface area contributed by atoms with Crippen molar-refractivity contribution < 1.29 is 18.1 Å². The van der Waals surface area contributed by atoms with Crippen LogP contribution in [0.2, 0.25) is 0 Å². The van der Waals surface area contributed by atoms with Gasteiger partial charge in [0.25, 0.3) is 0 Å². The number of carbonyl (C=O) groups is 1. The van der Waals surface area contributed by atoms with E-state index in [1.807, 2.05) is 0 Å². The predicted molar refractivity (Wildman–Crippen MR) is 69.3 cm³/mol. The van der Waals surface area contributed by atoms with Gasteiger partial charge in [-0.2, -0.15) is 0 Å². The minimum Gasteiger partial charge on any atom is -0.361 e. The number of amides is 1. The van der Waals surface area contributed by atoms with Crippen molar-refractivity contribution in [2.45, 2.75) is 26.7 Å². The van der Waals surface area contributed by atoms with E-state index < -0.39 is 17.5 Å². The van der Waals surface area contributed by atoms with Crippen LogP contribution in [0, 0.1) is 25.5 Å². The summed E-state index contributed by atoms with van der Waals surface area (Å²) in [6.07, 6.45) is 0.572. The molecule has 1 amide bonds. The molecule has 0 bridgehead atoms. The summed E-state index contributed by atoms with van der Waals surface area (Å²) in [6, 6.07) is 2.91. The van der Waals surface area contributed by atoms with Crippen molar-refractivity contribution in [3.63, 3.8) is 0 Å². The Balaban J connectivity index is 1.98. The third kappa shape index (κ3) is 3.20. The van der Waals surface area contributed by atoms with Gasteiger partial charge in [0.15, 0.2) is 0 Å². The molecule has 0 radical (unpaired) electrons. The Morgan fingerprint density at radius 3 is 2.75 bits per heavy atom. The van der Waals surface area contributed by atoms with Gasteiger partial charge in [0.1, 0.15) is 17.4 Å². The molecule has 0 aliphatic heterocycles. The Morgan fingerprint density at radius 2 is 2.10 bits per heavy atom. The molecule has 0 atom stereocenters. The van der Waals surface area contributed by atoms with Crippen molar-refractivity contribution in [1.82, 2.24) is 5.16 Å². The number of nitrogens with one attached hydrogen (secondary N) is 1. The summed E-state index contributed by atoms with van der Waals surface area (Å²) in [5, 5.41) is 6.13. The lowest BCUT2D eigenvalue weighted by Gasteiger charge is -2.06. The first-order chi connectivity index (χ1) is 9.47. The van der Waals surface area contributed by atoms with Crippen LogP contribution in [0.1, 0.15) is 23.4 Å². The molecule has 2 rings (SSSR count). The summed E-state index contributed by atoms with van der Waals surface area (Å²) in [6.45, 7) is 3.55. The third-order valence-corrected chi connectivity index (χ3v) is 2.99. The van der Waals surface area contributed by atoms with Crippen LogP contribution in [-0.4, -0.2) is 11.1 Å². The maximum Gasteiger partial charge on any atom is 0.224 e. The van der Waals surface area contributed by atoms with Gasteiger partial charge >= 0.3 is 0 Å². The second-order valence-corrected chi connectivity index (χ2v) is 4.48. The molecule has 0 saturated heterocycles. The van der Waals surface area contributed by atoms with Crippen LogP contribution < -0.4 is 5.32 Å². The molecule has 0 saturated carbocycles. The van der Waals surface area contributed by atoms with Crippen LogP contribution in [0.15, 0.2) is 22.7 Å².